The third-order valence-electron chi connectivity index (χ3n) is 4.30. The van der Waals surface area contributed by atoms with E-state index in [0.717, 1.165) is 38.0 Å². The number of likely N-dealkylation sites (tertiary alicyclic amines) is 1. The van der Waals surface area contributed by atoms with E-state index in [9.17, 15) is 4.79 Å². The molecule has 1 aliphatic rings. The van der Waals surface area contributed by atoms with Crippen molar-refractivity contribution in [1.29, 1.82) is 0 Å². The largest absolute Gasteiger partial charge is 0.338 e. The Morgan fingerprint density at radius 3 is 2.71 bits per heavy atom. The lowest BCUT2D eigenvalue weighted by Crippen LogP contribution is -2.31. The Balaban J connectivity index is 2.14. The van der Waals surface area contributed by atoms with Gasteiger partial charge >= 0.3 is 0 Å². The summed E-state index contributed by atoms with van der Waals surface area (Å²) < 4.78 is 0. The highest BCUT2D eigenvalue weighted by Crippen LogP contribution is 2.34. The fraction of sp³-hybridized carbons (Fsp3) is 0.647. The smallest absolute Gasteiger partial charge is 0.254 e. The molecule has 1 unspecified atom stereocenters. The van der Waals surface area contributed by atoms with Crippen molar-refractivity contribution < 1.29 is 4.79 Å². The fourth-order valence-corrected chi connectivity index (χ4v) is 3.12. The second-order valence-corrected chi connectivity index (χ2v) is 7.41. The number of hydrogen-bond acceptors (Lipinski definition) is 2. The molecule has 0 N–H and O–H groups in total. The van der Waals surface area contributed by atoms with E-state index in [1.54, 1.807) is 6.07 Å². The summed E-state index contributed by atoms with van der Waals surface area (Å²) in [6.45, 7) is 10.5. The van der Waals surface area contributed by atoms with Gasteiger partial charge < -0.3 is 4.90 Å². The highest BCUT2D eigenvalue weighted by molar-refractivity contribution is 6.29. The van der Waals surface area contributed by atoms with E-state index in [-0.39, 0.29) is 11.3 Å². The normalized spacial score (nSPS) is 19.1. The number of rotatable bonds is 3. The molecule has 0 saturated carbocycles. The van der Waals surface area contributed by atoms with Crippen molar-refractivity contribution in [3.05, 3.63) is 28.5 Å². The van der Waals surface area contributed by atoms with Crippen molar-refractivity contribution >= 4 is 17.5 Å². The Morgan fingerprint density at radius 1 is 1.43 bits per heavy atom. The summed E-state index contributed by atoms with van der Waals surface area (Å²) >= 11 is 6.06. The zero-order valence-corrected chi connectivity index (χ0v) is 14.2. The van der Waals surface area contributed by atoms with Crippen molar-refractivity contribution in [2.75, 3.05) is 13.1 Å². The van der Waals surface area contributed by atoms with E-state index >= 15 is 0 Å². The molecule has 1 aromatic rings. The third-order valence-corrected chi connectivity index (χ3v) is 4.49. The van der Waals surface area contributed by atoms with Crippen LogP contribution in [0.15, 0.2) is 12.1 Å². The summed E-state index contributed by atoms with van der Waals surface area (Å²) in [6, 6.07) is 3.58. The summed E-state index contributed by atoms with van der Waals surface area (Å²) in [5, 5.41) is 0.413. The van der Waals surface area contributed by atoms with Gasteiger partial charge in [-0.3, -0.25) is 4.79 Å². The number of aryl methyl sites for hydroxylation is 1. The minimum atomic E-state index is 0.0865. The van der Waals surface area contributed by atoms with E-state index in [0.29, 0.717) is 16.6 Å². The van der Waals surface area contributed by atoms with Gasteiger partial charge in [0.2, 0.25) is 0 Å². The molecular formula is C17H25ClN2O. The molecule has 2 heterocycles. The molecule has 1 amide bonds. The van der Waals surface area contributed by atoms with Crippen LogP contribution in [0.25, 0.3) is 0 Å². The number of carbonyl (C=O) groups is 1. The van der Waals surface area contributed by atoms with Crippen LogP contribution < -0.4 is 0 Å². The first-order chi connectivity index (χ1) is 9.81. The predicted molar refractivity (Wildman–Crippen MR) is 86.7 cm³/mol. The van der Waals surface area contributed by atoms with Crippen LogP contribution in [0.3, 0.4) is 0 Å². The van der Waals surface area contributed by atoms with E-state index in [1.165, 1.54) is 0 Å². The highest BCUT2D eigenvalue weighted by Gasteiger charge is 2.34. The summed E-state index contributed by atoms with van der Waals surface area (Å²) in [5.74, 6) is 0.650. The molecule has 116 valence electrons. The molecule has 1 aliphatic heterocycles. The molecule has 4 heteroatoms. The van der Waals surface area contributed by atoms with Crippen LogP contribution in [-0.2, 0) is 6.42 Å². The Kier molecular flexibility index (Phi) is 4.92. The number of pyridine rings is 1. The van der Waals surface area contributed by atoms with Crippen LogP contribution >= 0.6 is 11.6 Å². The Hall–Kier alpha value is -1.09. The molecule has 0 radical (unpaired) electrons. The number of carbonyl (C=O) groups excluding carboxylic acids is 1. The van der Waals surface area contributed by atoms with Crippen LogP contribution in [0, 0.1) is 11.3 Å². The van der Waals surface area contributed by atoms with Gasteiger partial charge in [-0.2, -0.15) is 0 Å². The van der Waals surface area contributed by atoms with Gasteiger partial charge in [-0.1, -0.05) is 45.7 Å². The monoisotopic (exact) mass is 308 g/mol. The molecule has 3 nitrogen and oxygen atoms in total. The highest BCUT2D eigenvalue weighted by atomic mass is 35.5. The zero-order chi connectivity index (χ0) is 15.6. The molecule has 0 spiro atoms. The second-order valence-electron chi connectivity index (χ2n) is 7.02. The van der Waals surface area contributed by atoms with Gasteiger partial charge in [-0.25, -0.2) is 4.98 Å². The molecule has 1 aromatic heterocycles. The lowest BCUT2D eigenvalue weighted by molar-refractivity contribution is 0.0776. The number of halogens is 1. The standard InChI is InChI=1S/C17H25ClN2O/c1-5-6-14-9-12(10-15(18)19-14)16(21)20-8-7-13(11-20)17(2,3)4/h9-10,13H,5-8,11H2,1-4H3. The van der Waals surface area contributed by atoms with Crippen molar-refractivity contribution in [2.24, 2.45) is 11.3 Å². The van der Waals surface area contributed by atoms with Gasteiger partial charge in [0.25, 0.3) is 5.91 Å². The van der Waals surface area contributed by atoms with E-state index in [1.807, 2.05) is 11.0 Å². The molecule has 2 rings (SSSR count). The first-order valence-electron chi connectivity index (χ1n) is 7.77. The van der Waals surface area contributed by atoms with Crippen molar-refractivity contribution in [3.8, 4) is 0 Å². The average Bonchev–Trinajstić information content (AvgIpc) is 2.87. The Labute approximate surface area is 132 Å². The van der Waals surface area contributed by atoms with Gasteiger partial charge in [0.15, 0.2) is 0 Å². The van der Waals surface area contributed by atoms with E-state index < -0.39 is 0 Å². The van der Waals surface area contributed by atoms with Crippen molar-refractivity contribution in [2.45, 2.75) is 47.0 Å². The van der Waals surface area contributed by atoms with Crippen molar-refractivity contribution in [1.82, 2.24) is 9.88 Å². The number of aromatic nitrogens is 1. The van der Waals surface area contributed by atoms with Crippen LogP contribution in [-0.4, -0.2) is 28.9 Å². The first-order valence-corrected chi connectivity index (χ1v) is 8.14. The molecule has 1 fully saturated rings. The SMILES string of the molecule is CCCc1cc(C(=O)N2CCC(C(C)(C)C)C2)cc(Cl)n1. The summed E-state index contributed by atoms with van der Waals surface area (Å²) in [4.78, 5) is 18.9. The number of nitrogens with zero attached hydrogens (tertiary/aromatic N) is 2. The Bertz CT molecular complexity index is 522. The quantitative estimate of drug-likeness (QED) is 0.784. The second kappa shape index (κ2) is 6.35. The minimum absolute atomic E-state index is 0.0865. The van der Waals surface area contributed by atoms with Gasteiger partial charge in [0, 0.05) is 24.3 Å². The molecule has 1 saturated heterocycles. The lowest BCUT2D eigenvalue weighted by atomic mass is 9.80. The van der Waals surface area contributed by atoms with Gasteiger partial charge in [0.1, 0.15) is 5.15 Å². The van der Waals surface area contributed by atoms with Gasteiger partial charge in [-0.05, 0) is 36.3 Å². The molecular weight excluding hydrogens is 284 g/mol. The minimum Gasteiger partial charge on any atom is -0.338 e. The van der Waals surface area contributed by atoms with Crippen LogP contribution in [0.1, 0.15) is 56.6 Å². The van der Waals surface area contributed by atoms with E-state index in [4.69, 9.17) is 11.6 Å². The lowest BCUT2D eigenvalue weighted by Gasteiger charge is -2.27. The topological polar surface area (TPSA) is 33.2 Å². The van der Waals surface area contributed by atoms with Gasteiger partial charge in [-0.15, -0.1) is 0 Å². The van der Waals surface area contributed by atoms with E-state index in [2.05, 4.69) is 32.7 Å². The predicted octanol–water partition coefficient (Wildman–Crippen LogP) is 4.20. The number of amides is 1. The molecule has 1 atom stereocenters. The summed E-state index contributed by atoms with van der Waals surface area (Å²) in [7, 11) is 0. The summed E-state index contributed by atoms with van der Waals surface area (Å²) in [6.07, 6.45) is 2.93. The number of hydrogen-bond donors (Lipinski definition) is 0. The third kappa shape index (κ3) is 3.97. The van der Waals surface area contributed by atoms with Crippen molar-refractivity contribution in [3.63, 3.8) is 0 Å². The Morgan fingerprint density at radius 2 is 2.14 bits per heavy atom. The maximum absolute atomic E-state index is 12.7. The molecule has 21 heavy (non-hydrogen) atoms. The maximum Gasteiger partial charge on any atom is 0.254 e. The molecule has 0 aliphatic carbocycles. The zero-order valence-electron chi connectivity index (χ0n) is 13.4. The van der Waals surface area contributed by atoms with Crippen LogP contribution in [0.5, 0.6) is 0 Å². The molecule has 0 aromatic carbocycles. The summed E-state index contributed by atoms with van der Waals surface area (Å²) in [5.41, 5.74) is 1.83. The maximum atomic E-state index is 12.7. The van der Waals surface area contributed by atoms with Gasteiger partial charge in [0.05, 0.1) is 0 Å². The fourth-order valence-electron chi connectivity index (χ4n) is 2.89. The first kappa shape index (κ1) is 16.3. The van der Waals surface area contributed by atoms with Crippen LogP contribution in [0.4, 0.5) is 0 Å². The molecule has 0 bridgehead atoms. The van der Waals surface area contributed by atoms with Crippen LogP contribution in [0.2, 0.25) is 5.15 Å². The average molecular weight is 309 g/mol.